The lowest BCUT2D eigenvalue weighted by Crippen LogP contribution is -2.43. The molecule has 41 heavy (non-hydrogen) atoms. The standard InChI is InChI=1S/C33H32ClN3O4/c1-3-33(39)37-15-7-10-27(21-37)41-32-18-25(26-19-35-36(2)20-26)12-13-28(32)30(38)17-24-11-14-31(29(34)16-24)40-22-23-8-5-4-6-9-23/h3-6,8-9,11-14,16,18-20,27H,1,7,10,15,17,21-22H2,2H3/t27-/m1/s1. The zero-order valence-electron chi connectivity index (χ0n) is 23.0. The van der Waals surface area contributed by atoms with E-state index in [4.69, 9.17) is 21.1 Å². The van der Waals surface area contributed by atoms with Crippen molar-refractivity contribution >= 4 is 23.3 Å². The van der Waals surface area contributed by atoms with E-state index in [1.165, 1.54) is 6.08 Å². The third-order valence-electron chi connectivity index (χ3n) is 7.08. The lowest BCUT2D eigenvalue weighted by Gasteiger charge is -2.32. The number of ether oxygens (including phenoxy) is 2. The van der Waals surface area contributed by atoms with Gasteiger partial charge in [-0.3, -0.25) is 14.3 Å². The minimum atomic E-state index is -0.237. The first-order valence-corrected chi connectivity index (χ1v) is 14.0. The first kappa shape index (κ1) is 28.2. The Kier molecular flexibility index (Phi) is 8.85. The van der Waals surface area contributed by atoms with Crippen LogP contribution < -0.4 is 9.47 Å². The molecule has 8 heteroatoms. The van der Waals surface area contributed by atoms with Crippen molar-refractivity contribution in [2.75, 3.05) is 13.1 Å². The molecule has 0 saturated carbocycles. The van der Waals surface area contributed by atoms with E-state index in [-0.39, 0.29) is 24.2 Å². The third-order valence-corrected chi connectivity index (χ3v) is 7.37. The van der Waals surface area contributed by atoms with Crippen molar-refractivity contribution in [3.05, 3.63) is 113 Å². The molecular weight excluding hydrogens is 538 g/mol. The van der Waals surface area contributed by atoms with Gasteiger partial charge in [0.2, 0.25) is 5.91 Å². The van der Waals surface area contributed by atoms with E-state index in [1.54, 1.807) is 34.0 Å². The number of likely N-dealkylation sites (tertiary alicyclic amines) is 1. The molecule has 4 aromatic rings. The van der Waals surface area contributed by atoms with Gasteiger partial charge in [-0.25, -0.2) is 0 Å². The van der Waals surface area contributed by atoms with Gasteiger partial charge in [-0.2, -0.15) is 5.10 Å². The monoisotopic (exact) mass is 569 g/mol. The number of amides is 1. The van der Waals surface area contributed by atoms with Gasteiger partial charge < -0.3 is 14.4 Å². The largest absolute Gasteiger partial charge is 0.488 e. The highest BCUT2D eigenvalue weighted by Gasteiger charge is 2.25. The lowest BCUT2D eigenvalue weighted by molar-refractivity contribution is -0.128. The summed E-state index contributed by atoms with van der Waals surface area (Å²) in [6, 6.07) is 20.9. The number of aromatic nitrogens is 2. The van der Waals surface area contributed by atoms with E-state index in [9.17, 15) is 9.59 Å². The first-order chi connectivity index (χ1) is 19.9. The fourth-order valence-electron chi connectivity index (χ4n) is 4.93. The molecular formula is C33H32ClN3O4. The smallest absolute Gasteiger partial charge is 0.246 e. The van der Waals surface area contributed by atoms with Crippen LogP contribution in [-0.2, 0) is 24.9 Å². The van der Waals surface area contributed by atoms with Crippen molar-refractivity contribution in [2.24, 2.45) is 7.05 Å². The summed E-state index contributed by atoms with van der Waals surface area (Å²) in [6.07, 6.45) is 6.51. The number of halogens is 1. The maximum atomic E-state index is 13.6. The van der Waals surface area contributed by atoms with Crippen molar-refractivity contribution in [3.63, 3.8) is 0 Å². The summed E-state index contributed by atoms with van der Waals surface area (Å²) in [5.74, 6) is 0.837. The molecule has 0 N–H and O–H groups in total. The number of Topliss-reactive ketones (excluding diaryl/α,β-unsaturated/α-hetero) is 1. The van der Waals surface area contributed by atoms with Crippen LogP contribution in [0.2, 0.25) is 5.02 Å². The van der Waals surface area contributed by atoms with E-state index < -0.39 is 0 Å². The maximum absolute atomic E-state index is 13.6. The van der Waals surface area contributed by atoms with E-state index in [0.29, 0.717) is 41.8 Å². The molecule has 1 atom stereocenters. The zero-order valence-corrected chi connectivity index (χ0v) is 23.7. The predicted molar refractivity (Wildman–Crippen MR) is 159 cm³/mol. The number of aryl methyl sites for hydroxylation is 1. The fourth-order valence-corrected chi connectivity index (χ4v) is 5.19. The summed E-state index contributed by atoms with van der Waals surface area (Å²) in [5, 5.41) is 4.72. The fraction of sp³-hybridized carbons (Fsp3) is 0.242. The van der Waals surface area contributed by atoms with Crippen LogP contribution >= 0.6 is 11.6 Å². The molecule has 1 saturated heterocycles. The van der Waals surface area contributed by atoms with Gasteiger partial charge in [0.1, 0.15) is 24.2 Å². The number of rotatable bonds is 10. The van der Waals surface area contributed by atoms with Crippen molar-refractivity contribution in [1.82, 2.24) is 14.7 Å². The molecule has 1 fully saturated rings. The molecule has 0 spiro atoms. The minimum Gasteiger partial charge on any atom is -0.488 e. The Morgan fingerprint density at radius 2 is 1.88 bits per heavy atom. The Labute approximate surface area is 245 Å². The molecule has 5 rings (SSSR count). The van der Waals surface area contributed by atoms with E-state index in [2.05, 4.69) is 11.7 Å². The maximum Gasteiger partial charge on any atom is 0.246 e. The molecule has 0 unspecified atom stereocenters. The van der Waals surface area contributed by atoms with Crippen LogP contribution in [0.25, 0.3) is 11.1 Å². The zero-order chi connectivity index (χ0) is 28.8. The molecule has 1 amide bonds. The van der Waals surface area contributed by atoms with Crippen LogP contribution in [0.5, 0.6) is 11.5 Å². The Balaban J connectivity index is 1.35. The SMILES string of the molecule is C=CC(=O)N1CCC[C@@H](Oc2cc(-c3cnn(C)c3)ccc2C(=O)Cc2ccc(OCc3ccccc3)c(Cl)c2)C1. The molecule has 3 aromatic carbocycles. The first-order valence-electron chi connectivity index (χ1n) is 13.6. The molecule has 210 valence electrons. The van der Waals surface area contributed by atoms with Gasteiger partial charge in [-0.15, -0.1) is 0 Å². The molecule has 1 aromatic heterocycles. The molecule has 0 bridgehead atoms. The van der Waals surface area contributed by atoms with Crippen LogP contribution in [0.3, 0.4) is 0 Å². The number of nitrogens with zero attached hydrogens (tertiary/aromatic N) is 3. The Bertz CT molecular complexity index is 1550. The second-order valence-electron chi connectivity index (χ2n) is 10.1. The van der Waals surface area contributed by atoms with Crippen molar-refractivity contribution in [3.8, 4) is 22.6 Å². The Morgan fingerprint density at radius 1 is 1.05 bits per heavy atom. The van der Waals surface area contributed by atoms with Crippen LogP contribution in [0.1, 0.15) is 34.3 Å². The highest BCUT2D eigenvalue weighted by atomic mass is 35.5. The summed E-state index contributed by atoms with van der Waals surface area (Å²) in [7, 11) is 1.86. The molecule has 7 nitrogen and oxygen atoms in total. The Hall–Kier alpha value is -4.36. The van der Waals surface area contributed by atoms with Crippen molar-refractivity contribution < 1.29 is 19.1 Å². The topological polar surface area (TPSA) is 73.7 Å². The van der Waals surface area contributed by atoms with Gasteiger partial charge >= 0.3 is 0 Å². The van der Waals surface area contributed by atoms with Crippen LogP contribution in [0.4, 0.5) is 0 Å². The number of hydrogen-bond donors (Lipinski definition) is 0. The summed E-state index contributed by atoms with van der Waals surface area (Å²) < 4.78 is 14.0. The predicted octanol–water partition coefficient (Wildman–Crippen LogP) is 6.30. The third kappa shape index (κ3) is 7.05. The molecule has 0 aliphatic carbocycles. The Morgan fingerprint density at radius 3 is 2.61 bits per heavy atom. The molecule has 1 aliphatic rings. The highest BCUT2D eigenvalue weighted by Crippen LogP contribution is 2.32. The van der Waals surface area contributed by atoms with Gasteiger partial charge in [-0.05, 0) is 59.9 Å². The summed E-state index contributed by atoms with van der Waals surface area (Å²) >= 11 is 6.52. The number of carbonyl (C=O) groups is 2. The van der Waals surface area contributed by atoms with Crippen LogP contribution in [-0.4, -0.2) is 45.6 Å². The molecule has 0 radical (unpaired) electrons. The number of ketones is 1. The average Bonchev–Trinajstić information content (AvgIpc) is 3.43. The van der Waals surface area contributed by atoms with Crippen LogP contribution in [0.15, 0.2) is 91.8 Å². The number of benzene rings is 3. The highest BCUT2D eigenvalue weighted by molar-refractivity contribution is 6.32. The van der Waals surface area contributed by atoms with Gasteiger partial charge in [0.15, 0.2) is 5.78 Å². The van der Waals surface area contributed by atoms with Crippen molar-refractivity contribution in [2.45, 2.75) is 32.0 Å². The number of piperidine rings is 1. The quantitative estimate of drug-likeness (QED) is 0.165. The lowest BCUT2D eigenvalue weighted by atomic mass is 9.99. The van der Waals surface area contributed by atoms with Gasteiger partial charge in [0.25, 0.3) is 0 Å². The normalized spacial score (nSPS) is 14.9. The second-order valence-corrected chi connectivity index (χ2v) is 10.5. The second kappa shape index (κ2) is 12.9. The molecule has 1 aliphatic heterocycles. The molecule has 2 heterocycles. The summed E-state index contributed by atoms with van der Waals surface area (Å²) in [4.78, 5) is 27.6. The van der Waals surface area contributed by atoms with E-state index in [0.717, 1.165) is 35.1 Å². The van der Waals surface area contributed by atoms with Crippen LogP contribution in [0, 0.1) is 0 Å². The van der Waals surface area contributed by atoms with Gasteiger partial charge in [0.05, 0.1) is 23.3 Å². The van der Waals surface area contributed by atoms with E-state index >= 15 is 0 Å². The van der Waals surface area contributed by atoms with Gasteiger partial charge in [-0.1, -0.05) is 60.6 Å². The number of carbonyl (C=O) groups excluding carboxylic acids is 2. The van der Waals surface area contributed by atoms with E-state index in [1.807, 2.05) is 61.8 Å². The summed E-state index contributed by atoms with van der Waals surface area (Å²) in [6.45, 7) is 5.11. The van der Waals surface area contributed by atoms with Crippen molar-refractivity contribution in [1.29, 1.82) is 0 Å². The minimum absolute atomic E-state index is 0.0957. The summed E-state index contributed by atoms with van der Waals surface area (Å²) in [5.41, 5.74) is 4.10. The number of hydrogen-bond acceptors (Lipinski definition) is 5. The van der Waals surface area contributed by atoms with Gasteiger partial charge in [0, 0.05) is 31.8 Å². The average molecular weight is 570 g/mol.